The van der Waals surface area contributed by atoms with Crippen molar-refractivity contribution in [2.45, 2.75) is 0 Å². The van der Waals surface area contributed by atoms with E-state index in [1.165, 1.54) is 6.08 Å². The number of aromatic nitrogens is 1. The number of halogens is 1. The van der Waals surface area contributed by atoms with Crippen molar-refractivity contribution < 1.29 is 9.59 Å². The van der Waals surface area contributed by atoms with Gasteiger partial charge in [-0.2, -0.15) is 0 Å². The van der Waals surface area contributed by atoms with Crippen LogP contribution >= 0.6 is 11.6 Å². The Morgan fingerprint density at radius 3 is 2.72 bits per heavy atom. The van der Waals surface area contributed by atoms with E-state index in [-0.39, 0.29) is 0 Å². The average molecular weight is 259 g/mol. The molecule has 2 aromatic rings. The van der Waals surface area contributed by atoms with Crippen LogP contribution in [0, 0.1) is 0 Å². The minimum absolute atomic E-state index is 0.320. The second-order valence-electron chi connectivity index (χ2n) is 3.87. The Hall–Kier alpha value is -2.20. The number of carbonyl (C=O) groups is 2. The molecule has 1 aromatic carbocycles. The number of hydrogen-bond acceptors (Lipinski definition) is 3. The molecule has 0 bridgehead atoms. The Balaban J connectivity index is 2.31. The molecule has 0 radical (unpaired) electrons. The van der Waals surface area contributed by atoms with Gasteiger partial charge in [0.05, 0.1) is 16.1 Å². The van der Waals surface area contributed by atoms with Crippen LogP contribution < -0.4 is 5.32 Å². The van der Waals surface area contributed by atoms with E-state index in [1.54, 1.807) is 24.4 Å². The molecule has 1 aromatic heterocycles. The smallest absolute Gasteiger partial charge is 0.258 e. The maximum Gasteiger partial charge on any atom is 0.258 e. The van der Waals surface area contributed by atoms with Crippen LogP contribution in [0.25, 0.3) is 16.5 Å². The third kappa shape index (κ3) is 1.58. The maximum absolute atomic E-state index is 11.7. The molecule has 0 aliphatic carbocycles. The Morgan fingerprint density at radius 1 is 1.17 bits per heavy atom. The minimum atomic E-state index is -0.408. The summed E-state index contributed by atoms with van der Waals surface area (Å²) in [6.07, 6.45) is 2.90. The molecule has 4 nitrogen and oxygen atoms in total. The van der Waals surface area contributed by atoms with Gasteiger partial charge in [0.1, 0.15) is 0 Å². The summed E-state index contributed by atoms with van der Waals surface area (Å²) in [7, 11) is 0. The first-order valence-corrected chi connectivity index (χ1v) is 5.65. The van der Waals surface area contributed by atoms with Crippen molar-refractivity contribution in [3.05, 3.63) is 47.1 Å². The van der Waals surface area contributed by atoms with Gasteiger partial charge in [-0.15, -0.1) is 0 Å². The topological polar surface area (TPSA) is 59.1 Å². The summed E-state index contributed by atoms with van der Waals surface area (Å²) < 4.78 is 0. The number of carbonyl (C=O) groups excluding carboxylic acids is 2. The molecule has 1 aliphatic rings. The molecule has 0 saturated carbocycles. The lowest BCUT2D eigenvalue weighted by Crippen LogP contribution is -2.21. The number of nitrogens with zero attached hydrogens (tertiary/aromatic N) is 1. The highest BCUT2D eigenvalue weighted by atomic mass is 35.5. The molecular weight excluding hydrogens is 252 g/mol. The fraction of sp³-hybridized carbons (Fsp3) is 0. The Labute approximate surface area is 107 Å². The Bertz CT molecular complexity index is 722. The van der Waals surface area contributed by atoms with E-state index in [9.17, 15) is 9.59 Å². The third-order valence-electron chi connectivity index (χ3n) is 2.76. The molecule has 1 aliphatic heterocycles. The number of amides is 2. The van der Waals surface area contributed by atoms with E-state index >= 15 is 0 Å². The molecule has 3 rings (SSSR count). The Kier molecular flexibility index (Phi) is 2.38. The van der Waals surface area contributed by atoms with E-state index in [4.69, 9.17) is 11.6 Å². The van der Waals surface area contributed by atoms with Gasteiger partial charge < -0.3 is 0 Å². The average Bonchev–Trinajstić information content (AvgIpc) is 2.69. The zero-order valence-corrected chi connectivity index (χ0v) is 9.86. The molecule has 2 amide bonds. The van der Waals surface area contributed by atoms with Gasteiger partial charge in [-0.1, -0.05) is 17.7 Å². The van der Waals surface area contributed by atoms with Gasteiger partial charge in [0.2, 0.25) is 0 Å². The van der Waals surface area contributed by atoms with Crippen molar-refractivity contribution in [3.8, 4) is 0 Å². The van der Waals surface area contributed by atoms with Crippen molar-refractivity contribution in [1.29, 1.82) is 0 Å². The quantitative estimate of drug-likeness (QED) is 0.795. The normalized spacial score (nSPS) is 14.8. The summed E-state index contributed by atoms with van der Waals surface area (Å²) in [6, 6.07) is 6.98. The van der Waals surface area contributed by atoms with Gasteiger partial charge >= 0.3 is 0 Å². The number of hydrogen-bond donors (Lipinski definition) is 1. The predicted octanol–water partition coefficient (Wildman–Crippen LogP) is 1.93. The summed E-state index contributed by atoms with van der Waals surface area (Å²) in [5.41, 5.74) is 1.54. The van der Waals surface area contributed by atoms with Crippen LogP contribution in [0.5, 0.6) is 0 Å². The fourth-order valence-corrected chi connectivity index (χ4v) is 2.18. The van der Waals surface area contributed by atoms with Crippen LogP contribution in [-0.2, 0) is 9.59 Å². The molecule has 88 valence electrons. The number of pyridine rings is 1. The van der Waals surface area contributed by atoms with Gasteiger partial charge in [0, 0.05) is 23.2 Å². The molecule has 1 N–H and O–H groups in total. The van der Waals surface area contributed by atoms with Crippen LogP contribution in [0.2, 0.25) is 5.02 Å². The van der Waals surface area contributed by atoms with Crippen molar-refractivity contribution in [2.75, 3.05) is 0 Å². The van der Waals surface area contributed by atoms with Crippen LogP contribution in [-0.4, -0.2) is 16.8 Å². The van der Waals surface area contributed by atoms with Crippen LogP contribution in [0.1, 0.15) is 5.56 Å². The number of fused-ring (bicyclic) bond motifs is 1. The number of benzene rings is 1. The number of imide groups is 1. The lowest BCUT2D eigenvalue weighted by atomic mass is 10.0. The molecule has 0 unspecified atom stereocenters. The van der Waals surface area contributed by atoms with Crippen molar-refractivity contribution in [2.24, 2.45) is 0 Å². The SMILES string of the molecule is O=C1C=C(c2ccc(Cl)c3cccnc23)C(=O)N1. The number of rotatable bonds is 1. The monoisotopic (exact) mass is 258 g/mol. The molecule has 0 atom stereocenters. The predicted molar refractivity (Wildman–Crippen MR) is 67.9 cm³/mol. The Morgan fingerprint density at radius 2 is 2.00 bits per heavy atom. The highest BCUT2D eigenvalue weighted by Crippen LogP contribution is 2.30. The van der Waals surface area contributed by atoms with Gasteiger partial charge in [-0.05, 0) is 18.2 Å². The van der Waals surface area contributed by atoms with Crippen molar-refractivity contribution in [3.63, 3.8) is 0 Å². The summed E-state index contributed by atoms with van der Waals surface area (Å²) in [4.78, 5) is 27.1. The van der Waals surface area contributed by atoms with E-state index in [0.29, 0.717) is 21.7 Å². The van der Waals surface area contributed by atoms with E-state index < -0.39 is 11.8 Å². The fourth-order valence-electron chi connectivity index (χ4n) is 1.97. The van der Waals surface area contributed by atoms with Gasteiger partial charge in [-0.25, -0.2) is 0 Å². The van der Waals surface area contributed by atoms with E-state index in [2.05, 4.69) is 10.3 Å². The van der Waals surface area contributed by atoms with Crippen molar-refractivity contribution in [1.82, 2.24) is 10.3 Å². The molecule has 5 heteroatoms. The molecular formula is C13H7ClN2O2. The van der Waals surface area contributed by atoms with E-state index in [0.717, 1.165) is 5.39 Å². The van der Waals surface area contributed by atoms with Crippen LogP contribution in [0.15, 0.2) is 36.5 Å². The highest BCUT2D eigenvalue weighted by Gasteiger charge is 2.24. The maximum atomic E-state index is 11.7. The molecule has 0 spiro atoms. The summed E-state index contributed by atoms with van der Waals surface area (Å²) >= 11 is 6.07. The molecule has 2 heterocycles. The lowest BCUT2D eigenvalue weighted by molar-refractivity contribution is -0.123. The summed E-state index contributed by atoms with van der Waals surface area (Å²) in [5.74, 6) is -0.816. The first-order chi connectivity index (χ1) is 8.66. The molecule has 18 heavy (non-hydrogen) atoms. The second kappa shape index (κ2) is 3.92. The lowest BCUT2D eigenvalue weighted by Gasteiger charge is -2.06. The van der Waals surface area contributed by atoms with Crippen molar-refractivity contribution >= 4 is 39.9 Å². The molecule has 0 saturated heterocycles. The number of nitrogens with one attached hydrogen (secondary N) is 1. The van der Waals surface area contributed by atoms with Gasteiger partial charge in [-0.3, -0.25) is 19.9 Å². The van der Waals surface area contributed by atoms with Crippen LogP contribution in [0.3, 0.4) is 0 Å². The third-order valence-corrected chi connectivity index (χ3v) is 3.09. The first-order valence-electron chi connectivity index (χ1n) is 5.27. The second-order valence-corrected chi connectivity index (χ2v) is 4.28. The highest BCUT2D eigenvalue weighted by molar-refractivity contribution is 6.38. The molecule has 0 fully saturated rings. The van der Waals surface area contributed by atoms with Gasteiger partial charge in [0.25, 0.3) is 11.8 Å². The standard InChI is InChI=1S/C13H7ClN2O2/c14-10-4-3-7(9-6-11(17)16-13(9)18)12-8(10)2-1-5-15-12/h1-6H,(H,16,17,18). The first kappa shape index (κ1) is 10.9. The van der Waals surface area contributed by atoms with Crippen LogP contribution in [0.4, 0.5) is 0 Å². The van der Waals surface area contributed by atoms with Gasteiger partial charge in [0.15, 0.2) is 0 Å². The summed E-state index contributed by atoms with van der Waals surface area (Å²) in [6.45, 7) is 0. The van der Waals surface area contributed by atoms with E-state index in [1.807, 2.05) is 6.07 Å². The minimum Gasteiger partial charge on any atom is -0.289 e. The summed E-state index contributed by atoms with van der Waals surface area (Å²) in [5, 5.41) is 3.53. The largest absolute Gasteiger partial charge is 0.289 e. The zero-order chi connectivity index (χ0) is 12.7. The zero-order valence-electron chi connectivity index (χ0n) is 9.11.